The fraction of sp³-hybridized carbons (Fsp3) is 0.375. The Morgan fingerprint density at radius 2 is 2.21 bits per heavy atom. The zero-order chi connectivity index (χ0) is 10.7. The molecule has 6 heteroatoms. The quantitative estimate of drug-likeness (QED) is 0.819. The van der Waals surface area contributed by atoms with Crippen LogP contribution in [0.15, 0.2) is 6.20 Å². The van der Waals surface area contributed by atoms with Crippen molar-refractivity contribution in [2.45, 2.75) is 13.0 Å². The maximum absolute atomic E-state index is 13.2. The number of alkyl halides is 2. The minimum atomic E-state index is -3.00. The van der Waals surface area contributed by atoms with Crippen LogP contribution >= 0.6 is 0 Å². The number of pyridine rings is 1. The molecule has 14 heavy (non-hydrogen) atoms. The van der Waals surface area contributed by atoms with E-state index < -0.39 is 30.3 Å². The molecule has 0 aliphatic heterocycles. The molecule has 0 atom stereocenters. The second-order valence-electron chi connectivity index (χ2n) is 2.47. The van der Waals surface area contributed by atoms with Crippen LogP contribution in [-0.2, 0) is 6.61 Å². The first-order valence-electron chi connectivity index (χ1n) is 3.72. The Balaban J connectivity index is 3.27. The van der Waals surface area contributed by atoms with Gasteiger partial charge < -0.3 is 9.84 Å². The molecule has 0 amide bonds. The third-order valence-corrected chi connectivity index (χ3v) is 1.66. The Kier molecular flexibility index (Phi) is 3.29. The van der Waals surface area contributed by atoms with Crippen molar-refractivity contribution in [3.05, 3.63) is 23.3 Å². The minimum absolute atomic E-state index is 0.0365. The largest absolute Gasteiger partial charge is 0.493 e. The molecule has 1 heterocycles. The van der Waals surface area contributed by atoms with E-state index in [1.807, 2.05) is 0 Å². The van der Waals surface area contributed by atoms with E-state index >= 15 is 0 Å². The summed E-state index contributed by atoms with van der Waals surface area (Å²) in [4.78, 5) is 3.19. The summed E-state index contributed by atoms with van der Waals surface area (Å²) < 4.78 is 42.1. The Morgan fingerprint density at radius 3 is 2.64 bits per heavy atom. The summed E-state index contributed by atoms with van der Waals surface area (Å²) in [5, 5.41) is 8.73. The first-order valence-corrected chi connectivity index (χ1v) is 3.72. The smallest absolute Gasteiger partial charge is 0.283 e. The zero-order valence-electron chi connectivity index (χ0n) is 7.30. The Morgan fingerprint density at radius 1 is 1.57 bits per heavy atom. The van der Waals surface area contributed by atoms with Gasteiger partial charge in [-0.1, -0.05) is 0 Å². The lowest BCUT2D eigenvalue weighted by molar-refractivity contribution is 0.139. The zero-order valence-corrected chi connectivity index (χ0v) is 7.30. The fourth-order valence-electron chi connectivity index (χ4n) is 1.01. The molecule has 1 aromatic heterocycles. The van der Waals surface area contributed by atoms with E-state index in [4.69, 9.17) is 5.11 Å². The van der Waals surface area contributed by atoms with Gasteiger partial charge in [-0.2, -0.15) is 0 Å². The van der Waals surface area contributed by atoms with Gasteiger partial charge in [-0.15, -0.1) is 0 Å². The Labute approximate surface area is 78.2 Å². The first kappa shape index (κ1) is 10.8. The van der Waals surface area contributed by atoms with Gasteiger partial charge >= 0.3 is 0 Å². The second-order valence-corrected chi connectivity index (χ2v) is 2.47. The molecule has 1 rings (SSSR count). The maximum atomic E-state index is 13.2. The van der Waals surface area contributed by atoms with Gasteiger partial charge in [-0.3, -0.25) is 4.98 Å². The number of methoxy groups -OCH3 is 1. The lowest BCUT2D eigenvalue weighted by atomic mass is 10.2. The highest BCUT2D eigenvalue weighted by Crippen LogP contribution is 2.29. The third kappa shape index (κ3) is 1.79. The first-order chi connectivity index (χ1) is 6.61. The molecule has 0 fully saturated rings. The van der Waals surface area contributed by atoms with Gasteiger partial charge in [-0.25, -0.2) is 13.2 Å². The van der Waals surface area contributed by atoms with Crippen LogP contribution in [0.3, 0.4) is 0 Å². The number of nitrogens with zero attached hydrogens (tertiary/aromatic N) is 1. The molecule has 78 valence electrons. The van der Waals surface area contributed by atoms with Gasteiger partial charge in [-0.05, 0) is 0 Å². The van der Waals surface area contributed by atoms with Crippen molar-refractivity contribution in [1.82, 2.24) is 4.98 Å². The lowest BCUT2D eigenvalue weighted by Gasteiger charge is -2.09. The number of rotatable bonds is 3. The summed E-state index contributed by atoms with van der Waals surface area (Å²) in [6, 6.07) is 0. The summed E-state index contributed by atoms with van der Waals surface area (Å²) in [5.74, 6) is -1.62. The van der Waals surface area contributed by atoms with Crippen molar-refractivity contribution in [1.29, 1.82) is 0 Å². The highest BCUT2D eigenvalue weighted by atomic mass is 19.3. The summed E-state index contributed by atoms with van der Waals surface area (Å²) in [6.45, 7) is -0.517. The van der Waals surface area contributed by atoms with Crippen LogP contribution in [0, 0.1) is 5.82 Å². The molecular weight excluding hydrogens is 199 g/mol. The fourth-order valence-corrected chi connectivity index (χ4v) is 1.01. The van der Waals surface area contributed by atoms with E-state index in [0.29, 0.717) is 0 Å². The van der Waals surface area contributed by atoms with Gasteiger partial charge in [0.25, 0.3) is 6.43 Å². The number of aliphatic hydroxyl groups is 1. The molecule has 1 N–H and O–H groups in total. The number of hydrogen-bond donors (Lipinski definition) is 1. The molecule has 0 saturated carbocycles. The van der Waals surface area contributed by atoms with Crippen LogP contribution in [0.4, 0.5) is 13.2 Å². The van der Waals surface area contributed by atoms with Gasteiger partial charge in [0.15, 0.2) is 11.6 Å². The number of aromatic nitrogens is 1. The van der Waals surface area contributed by atoms with E-state index in [-0.39, 0.29) is 5.56 Å². The number of ether oxygens (including phenoxy) is 1. The predicted octanol–water partition coefficient (Wildman–Crippen LogP) is 1.66. The van der Waals surface area contributed by atoms with E-state index in [1.54, 1.807) is 0 Å². The lowest BCUT2D eigenvalue weighted by Crippen LogP contribution is -2.03. The third-order valence-electron chi connectivity index (χ3n) is 1.66. The monoisotopic (exact) mass is 207 g/mol. The van der Waals surface area contributed by atoms with E-state index in [9.17, 15) is 13.2 Å². The van der Waals surface area contributed by atoms with Gasteiger partial charge in [0.1, 0.15) is 5.69 Å². The molecule has 0 aliphatic carbocycles. The number of halogens is 3. The molecule has 0 bridgehead atoms. The average molecular weight is 207 g/mol. The van der Waals surface area contributed by atoms with E-state index in [1.165, 1.54) is 0 Å². The summed E-state index contributed by atoms with van der Waals surface area (Å²) in [7, 11) is 1.13. The topological polar surface area (TPSA) is 42.4 Å². The average Bonchev–Trinajstić information content (AvgIpc) is 2.16. The molecule has 1 aromatic rings. The van der Waals surface area contributed by atoms with Crippen LogP contribution in [-0.4, -0.2) is 17.2 Å². The maximum Gasteiger partial charge on any atom is 0.283 e. The standard InChI is InChI=1S/C8H8F3NO2/c1-14-7-4(3-13)2-12-6(5(7)9)8(10)11/h2,8,13H,3H2,1H3. The van der Waals surface area contributed by atoms with Crippen molar-refractivity contribution in [3.63, 3.8) is 0 Å². The van der Waals surface area contributed by atoms with Crippen molar-refractivity contribution < 1.29 is 23.0 Å². The van der Waals surface area contributed by atoms with E-state index in [2.05, 4.69) is 9.72 Å². The van der Waals surface area contributed by atoms with Crippen LogP contribution in [0.2, 0.25) is 0 Å². The summed E-state index contributed by atoms with van der Waals surface area (Å²) in [5.41, 5.74) is -0.937. The molecule has 0 aromatic carbocycles. The minimum Gasteiger partial charge on any atom is -0.493 e. The predicted molar refractivity (Wildman–Crippen MR) is 41.6 cm³/mol. The van der Waals surface area contributed by atoms with Crippen molar-refractivity contribution in [2.24, 2.45) is 0 Å². The molecule has 0 saturated heterocycles. The van der Waals surface area contributed by atoms with Gasteiger partial charge in [0, 0.05) is 11.8 Å². The molecule has 3 nitrogen and oxygen atoms in total. The van der Waals surface area contributed by atoms with E-state index in [0.717, 1.165) is 13.3 Å². The van der Waals surface area contributed by atoms with Crippen molar-refractivity contribution in [2.75, 3.05) is 7.11 Å². The Hall–Kier alpha value is -1.30. The summed E-state index contributed by atoms with van der Waals surface area (Å²) in [6.07, 6.45) is -2.04. The highest BCUT2D eigenvalue weighted by molar-refractivity contribution is 5.35. The number of aliphatic hydroxyl groups excluding tert-OH is 1. The van der Waals surface area contributed by atoms with Gasteiger partial charge in [0.05, 0.1) is 13.7 Å². The molecule has 0 unspecified atom stereocenters. The molecular formula is C8H8F3NO2. The van der Waals surface area contributed by atoms with Crippen molar-refractivity contribution in [3.8, 4) is 5.75 Å². The molecule has 0 radical (unpaired) electrons. The van der Waals surface area contributed by atoms with Crippen LogP contribution < -0.4 is 4.74 Å². The summed E-state index contributed by atoms with van der Waals surface area (Å²) >= 11 is 0. The highest BCUT2D eigenvalue weighted by Gasteiger charge is 2.21. The normalized spacial score (nSPS) is 10.7. The molecule has 0 aliphatic rings. The Bertz CT molecular complexity index is 331. The number of hydrogen-bond acceptors (Lipinski definition) is 3. The van der Waals surface area contributed by atoms with Gasteiger partial charge in [0.2, 0.25) is 0 Å². The second kappa shape index (κ2) is 4.28. The van der Waals surface area contributed by atoms with Crippen molar-refractivity contribution >= 4 is 0 Å². The molecule has 0 spiro atoms. The van der Waals surface area contributed by atoms with Crippen LogP contribution in [0.25, 0.3) is 0 Å². The van der Waals surface area contributed by atoms with Crippen LogP contribution in [0.5, 0.6) is 5.75 Å². The van der Waals surface area contributed by atoms with Crippen LogP contribution in [0.1, 0.15) is 17.7 Å². The SMILES string of the molecule is COc1c(CO)cnc(C(F)F)c1F.